The van der Waals surface area contributed by atoms with Crippen LogP contribution in [0, 0.1) is 17.5 Å². The molecule has 0 nitrogen and oxygen atoms in total. The summed E-state index contributed by atoms with van der Waals surface area (Å²) in [5.74, 6) is -0.269. The molecule has 0 spiro atoms. The lowest BCUT2D eigenvalue weighted by molar-refractivity contribution is 0.579. The largest absolute Gasteiger partial charge is 0.206 e. The topological polar surface area (TPSA) is 0 Å². The zero-order chi connectivity index (χ0) is 26.8. The standard InChI is InChI=1S/C17H16F2.C17H17F/c1-12(2)14-9-6-13(7-10-14)8-11-15-16(18)4-3-5-17(15)19;1-13(2)15-10-7-14(8-11-15)9-12-16-5-3-4-6-17(16)18/h3-12H,1-2H3;3-13H,1-2H3/b11-8+;12-9+. The van der Waals surface area contributed by atoms with Gasteiger partial charge in [-0.2, -0.15) is 0 Å². The molecule has 0 aliphatic rings. The molecule has 0 saturated heterocycles. The number of hydrogen-bond acceptors (Lipinski definition) is 0. The Kier molecular flexibility index (Phi) is 10.1. The monoisotopic (exact) mass is 498 g/mol. The third-order valence-corrected chi connectivity index (χ3v) is 6.01. The molecule has 0 fully saturated rings. The first-order valence-electron chi connectivity index (χ1n) is 12.5. The van der Waals surface area contributed by atoms with Crippen molar-refractivity contribution in [2.24, 2.45) is 0 Å². The minimum absolute atomic E-state index is 0.00423. The Hall–Kier alpha value is -3.85. The first-order chi connectivity index (χ1) is 17.7. The van der Waals surface area contributed by atoms with Crippen molar-refractivity contribution >= 4 is 24.3 Å². The van der Waals surface area contributed by atoms with Crippen molar-refractivity contribution in [3.05, 3.63) is 142 Å². The van der Waals surface area contributed by atoms with E-state index in [0.717, 1.165) is 11.1 Å². The van der Waals surface area contributed by atoms with E-state index < -0.39 is 11.6 Å². The Morgan fingerprint density at radius 1 is 0.459 bits per heavy atom. The maximum absolute atomic E-state index is 13.4. The number of rotatable bonds is 6. The number of halogens is 3. The number of hydrogen-bond donors (Lipinski definition) is 0. The second kappa shape index (κ2) is 13.5. The van der Waals surface area contributed by atoms with Crippen LogP contribution in [0.25, 0.3) is 24.3 Å². The Labute approximate surface area is 218 Å². The molecule has 0 radical (unpaired) electrons. The van der Waals surface area contributed by atoms with Crippen molar-refractivity contribution < 1.29 is 13.2 Å². The highest BCUT2D eigenvalue weighted by Gasteiger charge is 2.04. The van der Waals surface area contributed by atoms with Crippen LogP contribution in [-0.2, 0) is 0 Å². The lowest BCUT2D eigenvalue weighted by Crippen LogP contribution is -1.88. The highest BCUT2D eigenvalue weighted by molar-refractivity contribution is 5.71. The van der Waals surface area contributed by atoms with Gasteiger partial charge >= 0.3 is 0 Å². The number of benzene rings is 4. The van der Waals surface area contributed by atoms with Crippen LogP contribution in [0.2, 0.25) is 0 Å². The van der Waals surface area contributed by atoms with Gasteiger partial charge in [0.05, 0.1) is 0 Å². The van der Waals surface area contributed by atoms with E-state index in [2.05, 4.69) is 52.0 Å². The Balaban J connectivity index is 0.000000206. The normalized spacial score (nSPS) is 11.4. The van der Waals surface area contributed by atoms with Gasteiger partial charge in [0, 0.05) is 11.1 Å². The lowest BCUT2D eigenvalue weighted by Gasteiger charge is -2.04. The van der Waals surface area contributed by atoms with Crippen molar-refractivity contribution in [2.75, 3.05) is 0 Å². The molecule has 4 aromatic carbocycles. The third-order valence-electron chi connectivity index (χ3n) is 6.01. The Bertz CT molecular complexity index is 1310. The van der Waals surface area contributed by atoms with Crippen LogP contribution >= 0.6 is 0 Å². The van der Waals surface area contributed by atoms with Crippen molar-refractivity contribution in [3.63, 3.8) is 0 Å². The van der Waals surface area contributed by atoms with Crippen molar-refractivity contribution in [2.45, 2.75) is 39.5 Å². The van der Waals surface area contributed by atoms with Gasteiger partial charge in [0.1, 0.15) is 17.5 Å². The molecule has 0 aromatic heterocycles. The zero-order valence-electron chi connectivity index (χ0n) is 21.8. The van der Waals surface area contributed by atoms with Gasteiger partial charge in [-0.15, -0.1) is 0 Å². The van der Waals surface area contributed by atoms with E-state index >= 15 is 0 Å². The fourth-order valence-corrected chi connectivity index (χ4v) is 3.63. The van der Waals surface area contributed by atoms with Gasteiger partial charge in [0.15, 0.2) is 0 Å². The van der Waals surface area contributed by atoms with E-state index in [-0.39, 0.29) is 11.4 Å². The van der Waals surface area contributed by atoms with E-state index in [4.69, 9.17) is 0 Å². The maximum Gasteiger partial charge on any atom is 0.133 e. The summed E-state index contributed by atoms with van der Waals surface area (Å²) in [6.45, 7) is 8.59. The molecule has 4 aromatic rings. The average molecular weight is 499 g/mol. The molecule has 0 amide bonds. The van der Waals surface area contributed by atoms with E-state index in [9.17, 15) is 13.2 Å². The molecule has 37 heavy (non-hydrogen) atoms. The maximum atomic E-state index is 13.4. The second-order valence-electron chi connectivity index (χ2n) is 9.47. The van der Waals surface area contributed by atoms with Gasteiger partial charge in [0.2, 0.25) is 0 Å². The molecule has 0 heterocycles. The summed E-state index contributed by atoms with van der Waals surface area (Å²) < 4.78 is 40.3. The summed E-state index contributed by atoms with van der Waals surface area (Å²) >= 11 is 0. The molecule has 0 N–H and O–H groups in total. The van der Waals surface area contributed by atoms with Crippen LogP contribution < -0.4 is 0 Å². The minimum Gasteiger partial charge on any atom is -0.206 e. The molecule has 4 rings (SSSR count). The van der Waals surface area contributed by atoms with Gasteiger partial charge in [0.25, 0.3) is 0 Å². The summed E-state index contributed by atoms with van der Waals surface area (Å²) in [6.07, 6.45) is 6.92. The smallest absolute Gasteiger partial charge is 0.133 e. The minimum atomic E-state index is -0.546. The summed E-state index contributed by atoms with van der Waals surface area (Å²) in [5.41, 5.74) is 5.18. The molecule has 0 atom stereocenters. The molecule has 0 saturated carbocycles. The van der Waals surface area contributed by atoms with Gasteiger partial charge in [-0.05, 0) is 58.4 Å². The Morgan fingerprint density at radius 2 is 0.892 bits per heavy atom. The molecule has 0 bridgehead atoms. The third kappa shape index (κ3) is 8.35. The van der Waals surface area contributed by atoms with Gasteiger partial charge in [-0.1, -0.05) is 119 Å². The SMILES string of the molecule is CC(C)c1ccc(/C=C/c2c(F)cccc2F)cc1.CC(C)c1ccc(/C=C/c2ccccc2F)cc1. The average Bonchev–Trinajstić information content (AvgIpc) is 2.89. The van der Waals surface area contributed by atoms with Crippen LogP contribution in [0.1, 0.15) is 72.9 Å². The molecule has 0 aliphatic heterocycles. The van der Waals surface area contributed by atoms with Crippen molar-refractivity contribution in [1.82, 2.24) is 0 Å². The molecular weight excluding hydrogens is 465 g/mol. The predicted molar refractivity (Wildman–Crippen MR) is 152 cm³/mol. The predicted octanol–water partition coefficient (Wildman–Crippen LogP) is 10.4. The molecule has 3 heteroatoms. The fraction of sp³-hybridized carbons (Fsp3) is 0.176. The summed E-state index contributed by atoms with van der Waals surface area (Å²) in [7, 11) is 0. The quantitative estimate of drug-likeness (QED) is 0.232. The highest BCUT2D eigenvalue weighted by Crippen LogP contribution is 2.19. The van der Waals surface area contributed by atoms with Crippen LogP contribution in [0.15, 0.2) is 91.0 Å². The summed E-state index contributed by atoms with van der Waals surface area (Å²) in [4.78, 5) is 0. The van der Waals surface area contributed by atoms with Crippen LogP contribution in [0.3, 0.4) is 0 Å². The van der Waals surface area contributed by atoms with Crippen LogP contribution in [-0.4, -0.2) is 0 Å². The van der Waals surface area contributed by atoms with E-state index in [1.807, 2.05) is 36.4 Å². The first-order valence-corrected chi connectivity index (χ1v) is 12.5. The first kappa shape index (κ1) is 27.7. The summed E-state index contributed by atoms with van der Waals surface area (Å²) in [5, 5.41) is 0. The molecule has 190 valence electrons. The van der Waals surface area contributed by atoms with Gasteiger partial charge in [-0.25, -0.2) is 13.2 Å². The van der Waals surface area contributed by atoms with Crippen LogP contribution in [0.4, 0.5) is 13.2 Å². The van der Waals surface area contributed by atoms with Crippen molar-refractivity contribution in [1.29, 1.82) is 0 Å². The van der Waals surface area contributed by atoms with E-state index in [1.165, 1.54) is 41.5 Å². The molecular formula is C34H33F3. The summed E-state index contributed by atoms with van der Waals surface area (Å²) in [6, 6.07) is 27.0. The lowest BCUT2D eigenvalue weighted by atomic mass is 10.0. The van der Waals surface area contributed by atoms with Crippen molar-refractivity contribution in [3.8, 4) is 0 Å². The van der Waals surface area contributed by atoms with E-state index in [0.29, 0.717) is 17.4 Å². The van der Waals surface area contributed by atoms with Crippen LogP contribution in [0.5, 0.6) is 0 Å². The zero-order valence-corrected chi connectivity index (χ0v) is 21.8. The second-order valence-corrected chi connectivity index (χ2v) is 9.47. The van der Waals surface area contributed by atoms with Gasteiger partial charge in [-0.3, -0.25) is 0 Å². The molecule has 0 unspecified atom stereocenters. The Morgan fingerprint density at radius 3 is 1.35 bits per heavy atom. The van der Waals surface area contributed by atoms with E-state index in [1.54, 1.807) is 24.3 Å². The van der Waals surface area contributed by atoms with Gasteiger partial charge < -0.3 is 0 Å². The fourth-order valence-electron chi connectivity index (χ4n) is 3.63. The highest BCUT2D eigenvalue weighted by atomic mass is 19.1. The molecule has 0 aliphatic carbocycles.